The van der Waals surface area contributed by atoms with Crippen molar-refractivity contribution in [1.82, 2.24) is 4.90 Å². The summed E-state index contributed by atoms with van der Waals surface area (Å²) in [7, 11) is 3.56. The number of esters is 1. The lowest BCUT2D eigenvalue weighted by Gasteiger charge is -2.14. The Bertz CT molecular complexity index is 188. The van der Waals surface area contributed by atoms with Crippen LogP contribution < -0.4 is 0 Å². The molecule has 14 heavy (non-hydrogen) atoms. The molecule has 0 aromatic carbocycles. The van der Waals surface area contributed by atoms with Gasteiger partial charge >= 0.3 is 5.97 Å². The second-order valence-corrected chi connectivity index (χ2v) is 3.54. The molecule has 82 valence electrons. The van der Waals surface area contributed by atoms with Crippen LogP contribution in [0.4, 0.5) is 0 Å². The average molecular weight is 199 g/mol. The number of hydrogen-bond donors (Lipinski definition) is 0. The van der Waals surface area contributed by atoms with Crippen LogP contribution in [-0.2, 0) is 9.53 Å². The fourth-order valence-electron chi connectivity index (χ4n) is 0.960. The largest absolute Gasteiger partial charge is 0.461 e. The van der Waals surface area contributed by atoms with Crippen molar-refractivity contribution in [2.45, 2.75) is 32.6 Å². The van der Waals surface area contributed by atoms with Gasteiger partial charge in [-0.25, -0.2) is 4.79 Å². The van der Waals surface area contributed by atoms with Gasteiger partial charge in [0.15, 0.2) is 0 Å². The molecule has 0 aliphatic carbocycles. The first-order chi connectivity index (χ1) is 6.59. The van der Waals surface area contributed by atoms with Gasteiger partial charge in [-0.1, -0.05) is 32.8 Å². The van der Waals surface area contributed by atoms with Crippen LogP contribution in [0.25, 0.3) is 0 Å². The van der Waals surface area contributed by atoms with Gasteiger partial charge in [0.2, 0.25) is 0 Å². The molecule has 0 unspecified atom stereocenters. The number of hydrogen-bond acceptors (Lipinski definition) is 3. The average Bonchev–Trinajstić information content (AvgIpc) is 2.16. The molecular formula is C11H21NO2. The molecule has 0 atom stereocenters. The van der Waals surface area contributed by atoms with Crippen molar-refractivity contribution in [3.63, 3.8) is 0 Å². The molecule has 0 rings (SSSR count). The van der Waals surface area contributed by atoms with Gasteiger partial charge in [0.05, 0.1) is 6.61 Å². The molecule has 0 spiro atoms. The molecule has 0 N–H and O–H groups in total. The van der Waals surface area contributed by atoms with Crippen LogP contribution in [0.3, 0.4) is 0 Å². The number of rotatable bonds is 7. The van der Waals surface area contributed by atoms with E-state index in [1.54, 1.807) is 19.0 Å². The zero-order chi connectivity index (χ0) is 11.0. The van der Waals surface area contributed by atoms with E-state index in [9.17, 15) is 4.79 Å². The van der Waals surface area contributed by atoms with Crippen molar-refractivity contribution in [3.8, 4) is 0 Å². The highest BCUT2D eigenvalue weighted by Gasteiger charge is 2.09. The first-order valence-corrected chi connectivity index (χ1v) is 5.13. The Morgan fingerprint density at radius 1 is 1.29 bits per heavy atom. The smallest absolute Gasteiger partial charge is 0.353 e. The maximum Gasteiger partial charge on any atom is 0.353 e. The molecule has 0 radical (unpaired) electrons. The Labute approximate surface area is 86.7 Å². The second kappa shape index (κ2) is 7.42. The van der Waals surface area contributed by atoms with Gasteiger partial charge < -0.3 is 9.64 Å². The fraction of sp³-hybridized carbons (Fsp3) is 0.727. The summed E-state index contributed by atoms with van der Waals surface area (Å²) in [5.74, 6) is -0.313. The molecule has 0 heterocycles. The Morgan fingerprint density at radius 3 is 2.43 bits per heavy atom. The molecule has 0 saturated heterocycles. The third-order valence-electron chi connectivity index (χ3n) is 2.01. The SMILES string of the molecule is C=C(C(=O)OCCCCCC)N(C)C. The predicted molar refractivity (Wildman–Crippen MR) is 57.9 cm³/mol. The lowest BCUT2D eigenvalue weighted by atomic mass is 10.2. The number of nitrogens with zero attached hydrogens (tertiary/aromatic N) is 1. The van der Waals surface area contributed by atoms with Gasteiger partial charge in [0.1, 0.15) is 5.70 Å². The van der Waals surface area contributed by atoms with Crippen LogP contribution in [0, 0.1) is 0 Å². The summed E-state index contributed by atoms with van der Waals surface area (Å²) in [6, 6.07) is 0. The molecule has 0 aliphatic heterocycles. The van der Waals surface area contributed by atoms with Crippen LogP contribution in [0.2, 0.25) is 0 Å². The van der Waals surface area contributed by atoms with E-state index in [4.69, 9.17) is 4.74 Å². The minimum absolute atomic E-state index is 0.313. The van der Waals surface area contributed by atoms with Crippen LogP contribution in [0.5, 0.6) is 0 Å². The third-order valence-corrected chi connectivity index (χ3v) is 2.01. The molecule has 0 bridgehead atoms. The Morgan fingerprint density at radius 2 is 1.93 bits per heavy atom. The minimum Gasteiger partial charge on any atom is -0.461 e. The predicted octanol–water partition coefficient (Wildman–Crippen LogP) is 2.19. The van der Waals surface area contributed by atoms with Gasteiger partial charge in [0, 0.05) is 14.1 Å². The van der Waals surface area contributed by atoms with Crippen molar-refractivity contribution in [3.05, 3.63) is 12.3 Å². The molecule has 0 aliphatic rings. The Hall–Kier alpha value is -0.990. The van der Waals surface area contributed by atoms with E-state index in [0.29, 0.717) is 12.3 Å². The Kier molecular flexibility index (Phi) is 6.89. The number of carbonyl (C=O) groups is 1. The van der Waals surface area contributed by atoms with Crippen LogP contribution in [-0.4, -0.2) is 31.6 Å². The molecule has 0 aromatic heterocycles. The lowest BCUT2D eigenvalue weighted by Crippen LogP contribution is -2.20. The van der Waals surface area contributed by atoms with Crippen molar-refractivity contribution in [2.24, 2.45) is 0 Å². The van der Waals surface area contributed by atoms with Crippen LogP contribution >= 0.6 is 0 Å². The van der Waals surface area contributed by atoms with Crippen molar-refractivity contribution >= 4 is 5.97 Å². The highest BCUT2D eigenvalue weighted by Crippen LogP contribution is 2.02. The van der Waals surface area contributed by atoms with Crippen molar-refractivity contribution < 1.29 is 9.53 Å². The van der Waals surface area contributed by atoms with Gasteiger partial charge in [-0.15, -0.1) is 0 Å². The summed E-state index contributed by atoms with van der Waals surface area (Å²) < 4.78 is 5.03. The zero-order valence-electron chi connectivity index (χ0n) is 9.51. The summed E-state index contributed by atoms with van der Waals surface area (Å²) in [4.78, 5) is 12.9. The van der Waals surface area contributed by atoms with Gasteiger partial charge in [0.25, 0.3) is 0 Å². The van der Waals surface area contributed by atoms with E-state index >= 15 is 0 Å². The summed E-state index contributed by atoms with van der Waals surface area (Å²) in [6.45, 7) is 6.28. The maximum atomic E-state index is 11.3. The Balaban J connectivity index is 3.49. The van der Waals surface area contributed by atoms with E-state index < -0.39 is 0 Å². The zero-order valence-corrected chi connectivity index (χ0v) is 9.51. The molecule has 0 amide bonds. The first kappa shape index (κ1) is 13.0. The van der Waals surface area contributed by atoms with E-state index in [2.05, 4.69) is 13.5 Å². The van der Waals surface area contributed by atoms with Gasteiger partial charge in [-0.05, 0) is 6.42 Å². The van der Waals surface area contributed by atoms with Crippen LogP contribution in [0.15, 0.2) is 12.3 Å². The van der Waals surface area contributed by atoms with E-state index in [0.717, 1.165) is 12.8 Å². The quantitative estimate of drug-likeness (QED) is 0.357. The maximum absolute atomic E-state index is 11.3. The monoisotopic (exact) mass is 199 g/mol. The number of likely N-dealkylation sites (N-methyl/N-ethyl adjacent to an activating group) is 1. The van der Waals surface area contributed by atoms with Crippen molar-refractivity contribution in [2.75, 3.05) is 20.7 Å². The summed E-state index contributed by atoms with van der Waals surface area (Å²) in [5.41, 5.74) is 0.403. The summed E-state index contributed by atoms with van der Waals surface area (Å²) in [6.07, 6.45) is 4.46. The topological polar surface area (TPSA) is 29.5 Å². The minimum atomic E-state index is -0.313. The van der Waals surface area contributed by atoms with Gasteiger partial charge in [-0.2, -0.15) is 0 Å². The normalized spacial score (nSPS) is 9.64. The summed E-state index contributed by atoms with van der Waals surface area (Å²) >= 11 is 0. The van der Waals surface area contributed by atoms with Crippen molar-refractivity contribution in [1.29, 1.82) is 0 Å². The van der Waals surface area contributed by atoms with Crippen LogP contribution in [0.1, 0.15) is 32.6 Å². The lowest BCUT2D eigenvalue weighted by molar-refractivity contribution is -0.140. The molecule has 3 heteroatoms. The van der Waals surface area contributed by atoms with E-state index in [1.807, 2.05) is 0 Å². The fourth-order valence-corrected chi connectivity index (χ4v) is 0.960. The third kappa shape index (κ3) is 5.62. The highest BCUT2D eigenvalue weighted by molar-refractivity contribution is 5.86. The molecular weight excluding hydrogens is 178 g/mol. The van der Waals surface area contributed by atoms with E-state index in [-0.39, 0.29) is 5.97 Å². The molecule has 3 nitrogen and oxygen atoms in total. The molecule has 0 aromatic rings. The second-order valence-electron chi connectivity index (χ2n) is 3.54. The number of ether oxygens (including phenoxy) is 1. The molecule has 0 fully saturated rings. The van der Waals surface area contributed by atoms with Gasteiger partial charge in [-0.3, -0.25) is 0 Å². The standard InChI is InChI=1S/C11H21NO2/c1-5-6-7-8-9-14-11(13)10(2)12(3)4/h2,5-9H2,1,3-4H3. The highest BCUT2D eigenvalue weighted by atomic mass is 16.5. The summed E-state index contributed by atoms with van der Waals surface area (Å²) in [5, 5.41) is 0. The first-order valence-electron chi connectivity index (χ1n) is 5.13. The van der Waals surface area contributed by atoms with E-state index in [1.165, 1.54) is 12.8 Å². The number of carbonyl (C=O) groups excluding carboxylic acids is 1. The molecule has 0 saturated carbocycles. The number of unbranched alkanes of at least 4 members (excludes halogenated alkanes) is 3.